The Morgan fingerprint density at radius 2 is 2.32 bits per heavy atom. The van der Waals surface area contributed by atoms with E-state index in [4.69, 9.17) is 0 Å². The lowest BCUT2D eigenvalue weighted by molar-refractivity contribution is -0.152. The van der Waals surface area contributed by atoms with Crippen LogP contribution in [0.3, 0.4) is 0 Å². The van der Waals surface area contributed by atoms with Gasteiger partial charge in [0.2, 0.25) is 0 Å². The van der Waals surface area contributed by atoms with Gasteiger partial charge in [0.05, 0.1) is 5.41 Å². The summed E-state index contributed by atoms with van der Waals surface area (Å²) < 4.78 is 13.2. The molecule has 1 aromatic rings. The molecule has 0 heterocycles. The maximum Gasteiger partial charge on any atom is 0.309 e. The Balaban J connectivity index is 2.22. The minimum atomic E-state index is -0.727. The fraction of sp³-hybridized carbons (Fsp3) is 0.562. The summed E-state index contributed by atoms with van der Waals surface area (Å²) >= 11 is 0. The second-order valence-electron chi connectivity index (χ2n) is 5.76. The van der Waals surface area contributed by atoms with Crippen LogP contribution < -0.4 is 0 Å². The summed E-state index contributed by atoms with van der Waals surface area (Å²) in [5.41, 5.74) is 0.0892. The van der Waals surface area contributed by atoms with E-state index in [0.717, 1.165) is 31.2 Å². The molecule has 2 nitrogen and oxygen atoms in total. The second-order valence-corrected chi connectivity index (χ2v) is 5.76. The molecule has 104 valence electrons. The van der Waals surface area contributed by atoms with Gasteiger partial charge in [0.25, 0.3) is 0 Å². The normalized spacial score (nSPS) is 27.2. The number of carboxylic acids is 1. The molecule has 0 spiro atoms. The monoisotopic (exact) mass is 264 g/mol. The minimum absolute atomic E-state index is 0.291. The van der Waals surface area contributed by atoms with Crippen molar-refractivity contribution in [3.8, 4) is 0 Å². The van der Waals surface area contributed by atoms with Crippen LogP contribution in [0.15, 0.2) is 24.3 Å². The molecule has 1 aliphatic carbocycles. The van der Waals surface area contributed by atoms with E-state index < -0.39 is 11.4 Å². The largest absolute Gasteiger partial charge is 0.481 e. The Morgan fingerprint density at radius 3 is 2.95 bits per heavy atom. The summed E-state index contributed by atoms with van der Waals surface area (Å²) in [6.07, 6.45) is 4.97. The smallest absolute Gasteiger partial charge is 0.309 e. The second kappa shape index (κ2) is 5.72. The van der Waals surface area contributed by atoms with Crippen molar-refractivity contribution in [3.05, 3.63) is 35.6 Å². The van der Waals surface area contributed by atoms with E-state index >= 15 is 0 Å². The van der Waals surface area contributed by atoms with Gasteiger partial charge in [-0.1, -0.05) is 38.3 Å². The van der Waals surface area contributed by atoms with Crippen LogP contribution in [0.2, 0.25) is 0 Å². The summed E-state index contributed by atoms with van der Waals surface area (Å²) in [6, 6.07) is 6.33. The van der Waals surface area contributed by atoms with Crippen LogP contribution in [0.1, 0.15) is 44.6 Å². The van der Waals surface area contributed by atoms with Crippen LogP contribution in [0.5, 0.6) is 0 Å². The molecule has 2 rings (SSSR count). The van der Waals surface area contributed by atoms with Gasteiger partial charge >= 0.3 is 5.97 Å². The zero-order valence-corrected chi connectivity index (χ0v) is 11.4. The minimum Gasteiger partial charge on any atom is -0.481 e. The van der Waals surface area contributed by atoms with E-state index in [9.17, 15) is 14.3 Å². The third-order valence-electron chi connectivity index (χ3n) is 4.41. The summed E-state index contributed by atoms with van der Waals surface area (Å²) in [4.78, 5) is 11.7. The van der Waals surface area contributed by atoms with Crippen LogP contribution in [0.4, 0.5) is 4.39 Å². The van der Waals surface area contributed by atoms with Crippen molar-refractivity contribution in [3.63, 3.8) is 0 Å². The van der Waals surface area contributed by atoms with Gasteiger partial charge in [0.15, 0.2) is 0 Å². The third-order valence-corrected chi connectivity index (χ3v) is 4.41. The molecule has 3 heteroatoms. The molecular formula is C16H21FO2. The molecule has 1 fully saturated rings. The predicted octanol–water partition coefficient (Wildman–Crippen LogP) is 4.04. The van der Waals surface area contributed by atoms with Gasteiger partial charge in [0.1, 0.15) is 5.82 Å². The van der Waals surface area contributed by atoms with E-state index in [2.05, 4.69) is 6.92 Å². The summed E-state index contributed by atoms with van der Waals surface area (Å²) in [5, 5.41) is 9.64. The molecule has 1 N–H and O–H groups in total. The van der Waals surface area contributed by atoms with E-state index in [1.807, 2.05) is 6.07 Å². The Labute approximate surface area is 113 Å². The molecule has 19 heavy (non-hydrogen) atoms. The maximum absolute atomic E-state index is 13.2. The van der Waals surface area contributed by atoms with Crippen LogP contribution >= 0.6 is 0 Å². The molecule has 0 amide bonds. The summed E-state index contributed by atoms with van der Waals surface area (Å²) in [7, 11) is 0. The molecule has 0 aliphatic heterocycles. The molecule has 0 bridgehead atoms. The number of aliphatic carboxylic acids is 1. The van der Waals surface area contributed by atoms with Crippen molar-refractivity contribution in [1.29, 1.82) is 0 Å². The Bertz CT molecular complexity index is 458. The highest BCUT2D eigenvalue weighted by Crippen LogP contribution is 2.43. The first-order valence-electron chi connectivity index (χ1n) is 7.03. The van der Waals surface area contributed by atoms with Gasteiger partial charge in [-0.2, -0.15) is 0 Å². The van der Waals surface area contributed by atoms with Crippen molar-refractivity contribution in [2.75, 3.05) is 0 Å². The lowest BCUT2D eigenvalue weighted by Crippen LogP contribution is -2.38. The molecule has 0 radical (unpaired) electrons. The van der Waals surface area contributed by atoms with Crippen molar-refractivity contribution in [1.82, 2.24) is 0 Å². The van der Waals surface area contributed by atoms with Crippen LogP contribution in [0.25, 0.3) is 0 Å². The highest BCUT2D eigenvalue weighted by Gasteiger charge is 2.42. The Hall–Kier alpha value is -1.38. The van der Waals surface area contributed by atoms with Crippen LogP contribution in [-0.2, 0) is 11.2 Å². The van der Waals surface area contributed by atoms with Gasteiger partial charge in [-0.25, -0.2) is 4.39 Å². The van der Waals surface area contributed by atoms with E-state index in [0.29, 0.717) is 18.8 Å². The zero-order chi connectivity index (χ0) is 13.9. The molecule has 1 aromatic carbocycles. The average Bonchev–Trinajstić information content (AvgIpc) is 2.38. The standard InChI is InChI=1S/C16H21FO2/c1-2-12-6-4-8-16(10-12,15(18)19)11-13-5-3-7-14(17)9-13/h3,5,7,9,12H,2,4,6,8,10-11H2,1H3,(H,18,19). The van der Waals surface area contributed by atoms with Crippen LogP contribution in [0, 0.1) is 17.2 Å². The van der Waals surface area contributed by atoms with Gasteiger partial charge in [0, 0.05) is 0 Å². The predicted molar refractivity (Wildman–Crippen MR) is 72.4 cm³/mol. The zero-order valence-electron chi connectivity index (χ0n) is 11.4. The molecule has 2 unspecified atom stereocenters. The number of hydrogen-bond donors (Lipinski definition) is 1. The molecule has 1 aliphatic rings. The fourth-order valence-electron chi connectivity index (χ4n) is 3.30. The van der Waals surface area contributed by atoms with Gasteiger partial charge in [-0.05, 0) is 42.9 Å². The summed E-state index contributed by atoms with van der Waals surface area (Å²) in [6.45, 7) is 2.12. The molecular weight excluding hydrogens is 243 g/mol. The number of benzene rings is 1. The number of rotatable bonds is 4. The maximum atomic E-state index is 13.2. The van der Waals surface area contributed by atoms with Crippen LogP contribution in [-0.4, -0.2) is 11.1 Å². The first-order valence-corrected chi connectivity index (χ1v) is 7.03. The molecule has 0 saturated heterocycles. The van der Waals surface area contributed by atoms with E-state index in [-0.39, 0.29) is 5.82 Å². The average molecular weight is 264 g/mol. The number of carboxylic acid groups (broad SMARTS) is 1. The molecule has 1 saturated carbocycles. The Kier molecular flexibility index (Phi) is 4.23. The van der Waals surface area contributed by atoms with Crippen molar-refractivity contribution < 1.29 is 14.3 Å². The van der Waals surface area contributed by atoms with Gasteiger partial charge < -0.3 is 5.11 Å². The SMILES string of the molecule is CCC1CCCC(Cc2cccc(F)c2)(C(=O)O)C1. The van der Waals surface area contributed by atoms with Crippen molar-refractivity contribution >= 4 is 5.97 Å². The topological polar surface area (TPSA) is 37.3 Å². The quantitative estimate of drug-likeness (QED) is 0.891. The third kappa shape index (κ3) is 3.14. The van der Waals surface area contributed by atoms with E-state index in [1.165, 1.54) is 12.1 Å². The summed E-state index contributed by atoms with van der Waals surface area (Å²) in [5.74, 6) is -0.533. The van der Waals surface area contributed by atoms with Crippen molar-refractivity contribution in [2.24, 2.45) is 11.3 Å². The highest BCUT2D eigenvalue weighted by molar-refractivity contribution is 5.75. The molecule has 0 aromatic heterocycles. The van der Waals surface area contributed by atoms with E-state index in [1.54, 1.807) is 6.07 Å². The van der Waals surface area contributed by atoms with Gasteiger partial charge in [-0.3, -0.25) is 4.79 Å². The number of halogens is 1. The van der Waals surface area contributed by atoms with Gasteiger partial charge in [-0.15, -0.1) is 0 Å². The Morgan fingerprint density at radius 1 is 1.53 bits per heavy atom. The lowest BCUT2D eigenvalue weighted by atomic mass is 9.66. The fourth-order valence-corrected chi connectivity index (χ4v) is 3.30. The number of carbonyl (C=O) groups is 1. The highest BCUT2D eigenvalue weighted by atomic mass is 19.1. The lowest BCUT2D eigenvalue weighted by Gasteiger charge is -2.37. The first-order chi connectivity index (χ1) is 9.05. The van der Waals surface area contributed by atoms with Crippen molar-refractivity contribution in [2.45, 2.75) is 45.4 Å². The number of hydrogen-bond acceptors (Lipinski definition) is 1. The first kappa shape index (κ1) is 14.0. The molecule has 2 atom stereocenters.